The van der Waals surface area contributed by atoms with E-state index in [1.54, 1.807) is 13.2 Å². The van der Waals surface area contributed by atoms with Gasteiger partial charge in [0.05, 0.1) is 14.2 Å². The summed E-state index contributed by atoms with van der Waals surface area (Å²) in [5, 5.41) is 9.18. The monoisotopic (exact) mass is 512 g/mol. The van der Waals surface area contributed by atoms with Crippen LogP contribution < -0.4 is 20.7 Å². The highest BCUT2D eigenvalue weighted by molar-refractivity contribution is 6.01. The minimum absolute atomic E-state index is 0.135. The molecule has 1 saturated heterocycles. The van der Waals surface area contributed by atoms with E-state index < -0.39 is 29.9 Å². The summed E-state index contributed by atoms with van der Waals surface area (Å²) < 4.78 is 10.3. The Labute approximate surface area is 216 Å². The first-order valence-corrected chi connectivity index (χ1v) is 13.0. The molecule has 1 aromatic heterocycles. The van der Waals surface area contributed by atoms with Crippen molar-refractivity contribution < 1.29 is 28.7 Å². The number of hydrogen-bond donors (Lipinski definition) is 4. The Kier molecular flexibility index (Phi) is 8.68. The lowest BCUT2D eigenvalue weighted by molar-refractivity contribution is -0.146. The van der Waals surface area contributed by atoms with Crippen LogP contribution in [0.3, 0.4) is 0 Å². The summed E-state index contributed by atoms with van der Waals surface area (Å²) in [6, 6.07) is 5.38. The number of methoxy groups -OCH3 is 2. The number of amides is 3. The Hall–Kier alpha value is -3.56. The first-order valence-electron chi connectivity index (χ1n) is 13.0. The quantitative estimate of drug-likeness (QED) is 0.361. The van der Waals surface area contributed by atoms with Crippen LogP contribution in [-0.4, -0.2) is 61.5 Å². The Balaban J connectivity index is 1.51. The Morgan fingerprint density at radius 2 is 1.81 bits per heavy atom. The number of carbonyl (C=O) groups excluding carboxylic acids is 4. The molecule has 37 heavy (non-hydrogen) atoms. The molecule has 2 heterocycles. The zero-order valence-corrected chi connectivity index (χ0v) is 21.4. The largest absolute Gasteiger partial charge is 0.496 e. The maximum absolute atomic E-state index is 13.5. The van der Waals surface area contributed by atoms with Crippen LogP contribution >= 0.6 is 0 Å². The van der Waals surface area contributed by atoms with E-state index in [1.165, 1.54) is 13.5 Å². The molecule has 0 bridgehead atoms. The number of rotatable bonds is 10. The number of nitrogens with one attached hydrogen (secondary N) is 4. The van der Waals surface area contributed by atoms with Gasteiger partial charge in [-0.25, -0.2) is 4.79 Å². The Morgan fingerprint density at radius 1 is 1.03 bits per heavy atom. The molecule has 2 fully saturated rings. The highest BCUT2D eigenvalue weighted by Gasteiger charge is 2.34. The molecule has 2 aliphatic rings. The van der Waals surface area contributed by atoms with Crippen molar-refractivity contribution in [1.29, 1.82) is 0 Å². The van der Waals surface area contributed by atoms with Crippen molar-refractivity contribution in [1.82, 2.24) is 20.9 Å². The van der Waals surface area contributed by atoms with Crippen molar-refractivity contribution in [2.75, 3.05) is 20.8 Å². The van der Waals surface area contributed by atoms with E-state index >= 15 is 0 Å². The third kappa shape index (κ3) is 6.42. The molecule has 1 aromatic carbocycles. The van der Waals surface area contributed by atoms with Crippen molar-refractivity contribution in [3.05, 3.63) is 30.0 Å². The number of aromatic nitrogens is 1. The van der Waals surface area contributed by atoms with Crippen molar-refractivity contribution in [2.45, 2.75) is 63.5 Å². The van der Waals surface area contributed by atoms with E-state index in [4.69, 9.17) is 9.47 Å². The molecule has 4 rings (SSSR count). The molecule has 4 N–H and O–H groups in total. The van der Waals surface area contributed by atoms with Crippen LogP contribution in [0.2, 0.25) is 0 Å². The van der Waals surface area contributed by atoms with Crippen molar-refractivity contribution in [3.8, 4) is 5.75 Å². The maximum atomic E-state index is 13.5. The molecule has 1 aliphatic carbocycles. The summed E-state index contributed by atoms with van der Waals surface area (Å²) in [6.07, 6.45) is 6.55. The fourth-order valence-corrected chi connectivity index (χ4v) is 5.43. The standard InChI is InChI=1S/C27H36N4O6/c1-36-23-10-6-9-19-18(23)15-21(29-19)26(34)30-20(13-16-7-4-3-5-8-16)25(33)31-22(27(35)37-2)14-17-11-12-28-24(17)32/h6,9-10,15-17,20,22,29H,3-5,7-8,11-14H2,1-2H3,(H,28,32)(H,30,34)(H,31,33). The van der Waals surface area contributed by atoms with E-state index in [2.05, 4.69) is 20.9 Å². The van der Waals surface area contributed by atoms with Gasteiger partial charge in [0.15, 0.2) is 0 Å². The molecule has 0 radical (unpaired) electrons. The lowest BCUT2D eigenvalue weighted by atomic mass is 9.84. The molecule has 3 amide bonds. The van der Waals surface area contributed by atoms with Crippen molar-refractivity contribution >= 4 is 34.6 Å². The molecular weight excluding hydrogens is 476 g/mol. The summed E-state index contributed by atoms with van der Waals surface area (Å²) >= 11 is 0. The molecule has 200 valence electrons. The number of carbonyl (C=O) groups is 4. The predicted molar refractivity (Wildman–Crippen MR) is 137 cm³/mol. The second-order valence-corrected chi connectivity index (χ2v) is 9.97. The zero-order chi connectivity index (χ0) is 26.4. The summed E-state index contributed by atoms with van der Waals surface area (Å²) in [5.74, 6) is -1.06. The third-order valence-electron chi connectivity index (χ3n) is 7.49. The van der Waals surface area contributed by atoms with Crippen LogP contribution in [0.4, 0.5) is 0 Å². The molecule has 1 saturated carbocycles. The molecule has 10 heteroatoms. The zero-order valence-electron chi connectivity index (χ0n) is 21.4. The van der Waals surface area contributed by atoms with Crippen LogP contribution in [0.15, 0.2) is 24.3 Å². The highest BCUT2D eigenvalue weighted by atomic mass is 16.5. The van der Waals surface area contributed by atoms with Gasteiger partial charge in [-0.05, 0) is 43.4 Å². The number of benzene rings is 1. The number of fused-ring (bicyclic) bond motifs is 1. The van der Waals surface area contributed by atoms with E-state index in [1.807, 2.05) is 18.2 Å². The number of H-pyrrole nitrogens is 1. The lowest BCUT2D eigenvalue weighted by Crippen LogP contribution is -2.53. The van der Waals surface area contributed by atoms with Gasteiger partial charge in [-0.1, -0.05) is 38.2 Å². The third-order valence-corrected chi connectivity index (χ3v) is 7.49. The molecule has 10 nitrogen and oxygen atoms in total. The topological polar surface area (TPSA) is 139 Å². The number of aromatic amines is 1. The average Bonchev–Trinajstić information content (AvgIpc) is 3.53. The van der Waals surface area contributed by atoms with Gasteiger partial charge in [0.25, 0.3) is 5.91 Å². The SMILES string of the molecule is COC(=O)C(CC1CCNC1=O)NC(=O)C(CC1CCCCC1)NC(=O)c1cc2c(OC)cccc2[nH]1. The van der Waals surface area contributed by atoms with Gasteiger partial charge in [-0.2, -0.15) is 0 Å². The smallest absolute Gasteiger partial charge is 0.328 e. The van der Waals surface area contributed by atoms with Gasteiger partial charge >= 0.3 is 5.97 Å². The highest BCUT2D eigenvalue weighted by Crippen LogP contribution is 2.29. The molecule has 2 aromatic rings. The first kappa shape index (κ1) is 26.5. The average molecular weight is 513 g/mol. The van der Waals surface area contributed by atoms with Crippen LogP contribution in [0.1, 0.15) is 61.9 Å². The minimum Gasteiger partial charge on any atom is -0.496 e. The summed E-state index contributed by atoms with van der Waals surface area (Å²) in [4.78, 5) is 54.4. The van der Waals surface area contributed by atoms with Gasteiger partial charge in [-0.3, -0.25) is 14.4 Å². The Bertz CT molecular complexity index is 1140. The van der Waals surface area contributed by atoms with Gasteiger partial charge in [0.1, 0.15) is 23.5 Å². The van der Waals surface area contributed by atoms with E-state index in [0.29, 0.717) is 36.7 Å². The molecule has 0 spiro atoms. The van der Waals surface area contributed by atoms with Crippen molar-refractivity contribution in [2.24, 2.45) is 11.8 Å². The maximum Gasteiger partial charge on any atom is 0.328 e. The van der Waals surface area contributed by atoms with Gasteiger partial charge in [0, 0.05) is 23.4 Å². The second-order valence-electron chi connectivity index (χ2n) is 9.97. The van der Waals surface area contributed by atoms with Gasteiger partial charge < -0.3 is 30.4 Å². The molecule has 3 atom stereocenters. The first-order chi connectivity index (χ1) is 17.9. The van der Waals surface area contributed by atoms with Crippen LogP contribution in [0.5, 0.6) is 5.75 Å². The predicted octanol–water partition coefficient (Wildman–Crippen LogP) is 2.43. The van der Waals surface area contributed by atoms with Crippen LogP contribution in [0.25, 0.3) is 10.9 Å². The minimum atomic E-state index is -0.977. The van der Waals surface area contributed by atoms with Gasteiger partial charge in [-0.15, -0.1) is 0 Å². The van der Waals surface area contributed by atoms with Crippen LogP contribution in [0, 0.1) is 11.8 Å². The normalized spacial score (nSPS) is 19.6. The number of ether oxygens (including phenoxy) is 2. The number of esters is 1. The summed E-state index contributed by atoms with van der Waals surface area (Å²) in [5.41, 5.74) is 1.06. The van der Waals surface area contributed by atoms with Crippen molar-refractivity contribution in [3.63, 3.8) is 0 Å². The molecular formula is C27H36N4O6. The number of hydrogen-bond acceptors (Lipinski definition) is 6. The van der Waals surface area contributed by atoms with E-state index in [0.717, 1.165) is 36.6 Å². The fraction of sp³-hybridized carbons (Fsp3) is 0.556. The van der Waals surface area contributed by atoms with Crippen LogP contribution in [-0.2, 0) is 19.1 Å². The summed E-state index contributed by atoms with van der Waals surface area (Å²) in [7, 11) is 2.82. The van der Waals surface area contributed by atoms with E-state index in [-0.39, 0.29) is 18.2 Å². The second kappa shape index (κ2) is 12.1. The lowest BCUT2D eigenvalue weighted by Gasteiger charge is -2.28. The van der Waals surface area contributed by atoms with Gasteiger partial charge in [0.2, 0.25) is 11.8 Å². The van der Waals surface area contributed by atoms with E-state index in [9.17, 15) is 19.2 Å². The Morgan fingerprint density at radius 3 is 2.49 bits per heavy atom. The molecule has 1 aliphatic heterocycles. The fourth-order valence-electron chi connectivity index (χ4n) is 5.43. The summed E-state index contributed by atoms with van der Waals surface area (Å²) in [6.45, 7) is 0.543. The molecule has 3 unspecified atom stereocenters.